The fourth-order valence-electron chi connectivity index (χ4n) is 3.32. The minimum atomic E-state index is -0.485. The van der Waals surface area contributed by atoms with Crippen LogP contribution in [0, 0.1) is 0 Å². The number of ether oxygens (including phenoxy) is 2. The summed E-state index contributed by atoms with van der Waals surface area (Å²) in [6.07, 6.45) is 3.14. The van der Waals surface area contributed by atoms with Crippen LogP contribution in [0.2, 0.25) is 0 Å². The van der Waals surface area contributed by atoms with Gasteiger partial charge in [-0.3, -0.25) is 4.79 Å². The van der Waals surface area contributed by atoms with Crippen molar-refractivity contribution in [2.45, 2.75) is 0 Å². The van der Waals surface area contributed by atoms with E-state index in [1.54, 1.807) is 55.7 Å². The Morgan fingerprint density at radius 2 is 1.27 bits per heavy atom. The van der Waals surface area contributed by atoms with E-state index in [1.165, 1.54) is 6.08 Å². The Hall–Kier alpha value is -4.44. The summed E-state index contributed by atoms with van der Waals surface area (Å²) in [5, 5.41) is 0. The van der Waals surface area contributed by atoms with E-state index in [4.69, 9.17) is 9.47 Å². The summed E-state index contributed by atoms with van der Waals surface area (Å²) in [6, 6.07) is 31.2. The van der Waals surface area contributed by atoms with Gasteiger partial charge in [-0.05, 0) is 53.6 Å². The molecule has 4 heteroatoms. The number of hydrogen-bond acceptors (Lipinski definition) is 4. The molecule has 0 radical (unpaired) electrons. The molecule has 0 aliphatic carbocycles. The van der Waals surface area contributed by atoms with Crippen molar-refractivity contribution in [2.75, 3.05) is 7.11 Å². The van der Waals surface area contributed by atoms with Gasteiger partial charge in [-0.1, -0.05) is 72.8 Å². The second-order valence-electron chi connectivity index (χ2n) is 7.30. The lowest BCUT2D eigenvalue weighted by Crippen LogP contribution is -2.09. The molecule has 0 aliphatic heterocycles. The monoisotopic (exact) mass is 434 g/mol. The van der Waals surface area contributed by atoms with Gasteiger partial charge < -0.3 is 9.47 Å². The molecule has 0 saturated heterocycles. The van der Waals surface area contributed by atoms with Crippen molar-refractivity contribution in [2.24, 2.45) is 0 Å². The van der Waals surface area contributed by atoms with E-state index in [0.29, 0.717) is 28.2 Å². The van der Waals surface area contributed by atoms with Crippen LogP contribution < -0.4 is 9.47 Å². The predicted octanol–water partition coefficient (Wildman–Crippen LogP) is 6.48. The van der Waals surface area contributed by atoms with Crippen molar-refractivity contribution in [1.82, 2.24) is 0 Å². The van der Waals surface area contributed by atoms with E-state index >= 15 is 0 Å². The highest BCUT2D eigenvalue weighted by atomic mass is 16.5. The van der Waals surface area contributed by atoms with Crippen LogP contribution in [0.15, 0.2) is 109 Å². The standard InChI is InChI=1S/C29H22O4/c1-32-26-18-15-25(16-19-26)29(31)33-28-10-6-5-9-24(28)17-20-27(30)23-13-11-22(12-14-23)21-7-3-2-4-8-21/h2-20H,1H3/b20-17+. The molecule has 0 aromatic heterocycles. The molecule has 4 nitrogen and oxygen atoms in total. The number of ketones is 1. The zero-order chi connectivity index (χ0) is 23.0. The molecule has 4 rings (SSSR count). The number of esters is 1. The number of rotatable bonds is 7. The number of hydrogen-bond donors (Lipinski definition) is 0. The molecule has 33 heavy (non-hydrogen) atoms. The number of para-hydroxylation sites is 1. The summed E-state index contributed by atoms with van der Waals surface area (Å²) in [4.78, 5) is 25.2. The molecule has 0 heterocycles. The maximum Gasteiger partial charge on any atom is 0.343 e. The van der Waals surface area contributed by atoms with E-state index in [-0.39, 0.29) is 5.78 Å². The highest BCUT2D eigenvalue weighted by Crippen LogP contribution is 2.23. The third-order valence-electron chi connectivity index (χ3n) is 5.14. The molecule has 0 atom stereocenters. The Balaban J connectivity index is 1.47. The van der Waals surface area contributed by atoms with Crippen LogP contribution in [0.5, 0.6) is 11.5 Å². The average molecular weight is 434 g/mol. The fraction of sp³-hybridized carbons (Fsp3) is 0.0345. The Labute approximate surface area is 192 Å². The molecule has 0 amide bonds. The van der Waals surface area contributed by atoms with E-state index in [0.717, 1.165) is 11.1 Å². The van der Waals surface area contributed by atoms with Crippen molar-refractivity contribution in [3.63, 3.8) is 0 Å². The Morgan fingerprint density at radius 1 is 0.667 bits per heavy atom. The lowest BCUT2D eigenvalue weighted by molar-refractivity contribution is 0.0734. The van der Waals surface area contributed by atoms with E-state index < -0.39 is 5.97 Å². The second-order valence-corrected chi connectivity index (χ2v) is 7.30. The molecule has 0 N–H and O–H groups in total. The van der Waals surface area contributed by atoms with Crippen LogP contribution in [0.4, 0.5) is 0 Å². The largest absolute Gasteiger partial charge is 0.497 e. The van der Waals surface area contributed by atoms with Gasteiger partial charge in [0.05, 0.1) is 12.7 Å². The van der Waals surface area contributed by atoms with Gasteiger partial charge in [-0.25, -0.2) is 4.79 Å². The molecule has 0 spiro atoms. The smallest absolute Gasteiger partial charge is 0.343 e. The van der Waals surface area contributed by atoms with Crippen LogP contribution in [-0.4, -0.2) is 18.9 Å². The van der Waals surface area contributed by atoms with E-state index in [2.05, 4.69) is 0 Å². The van der Waals surface area contributed by atoms with E-state index in [9.17, 15) is 9.59 Å². The molecule has 4 aromatic carbocycles. The maximum absolute atomic E-state index is 12.7. The third-order valence-corrected chi connectivity index (χ3v) is 5.14. The van der Waals surface area contributed by atoms with Gasteiger partial charge in [-0.15, -0.1) is 0 Å². The second kappa shape index (κ2) is 10.2. The summed E-state index contributed by atoms with van der Waals surface area (Å²) in [5.41, 5.74) is 3.77. The third kappa shape index (κ3) is 5.43. The zero-order valence-corrected chi connectivity index (χ0v) is 18.1. The summed E-state index contributed by atoms with van der Waals surface area (Å²) < 4.78 is 10.7. The predicted molar refractivity (Wildman–Crippen MR) is 130 cm³/mol. The molecule has 0 unspecified atom stereocenters. The summed E-state index contributed by atoms with van der Waals surface area (Å²) in [6.45, 7) is 0. The van der Waals surface area contributed by atoms with Gasteiger partial charge >= 0.3 is 5.97 Å². The van der Waals surface area contributed by atoms with Gasteiger partial charge in [-0.2, -0.15) is 0 Å². The summed E-state index contributed by atoms with van der Waals surface area (Å²) >= 11 is 0. The highest BCUT2D eigenvalue weighted by Gasteiger charge is 2.11. The molecular weight excluding hydrogens is 412 g/mol. The van der Waals surface area contributed by atoms with Gasteiger partial charge in [0.2, 0.25) is 0 Å². The van der Waals surface area contributed by atoms with Crippen molar-refractivity contribution in [1.29, 1.82) is 0 Å². The fourth-order valence-corrected chi connectivity index (χ4v) is 3.32. The lowest BCUT2D eigenvalue weighted by Gasteiger charge is -2.08. The number of benzene rings is 4. The lowest BCUT2D eigenvalue weighted by atomic mass is 10.0. The normalized spacial score (nSPS) is 10.7. The molecule has 0 saturated carbocycles. The highest BCUT2D eigenvalue weighted by molar-refractivity contribution is 6.07. The maximum atomic E-state index is 12.7. The average Bonchev–Trinajstić information content (AvgIpc) is 2.88. The first kappa shape index (κ1) is 21.8. The van der Waals surface area contributed by atoms with Crippen LogP contribution in [-0.2, 0) is 0 Å². The van der Waals surface area contributed by atoms with Gasteiger partial charge in [0, 0.05) is 11.1 Å². The molecule has 162 valence electrons. The van der Waals surface area contributed by atoms with Gasteiger partial charge in [0.15, 0.2) is 5.78 Å². The van der Waals surface area contributed by atoms with Crippen molar-refractivity contribution < 1.29 is 19.1 Å². The SMILES string of the molecule is COc1ccc(C(=O)Oc2ccccc2/C=C/C(=O)c2ccc(-c3ccccc3)cc2)cc1. The van der Waals surface area contributed by atoms with Crippen LogP contribution in [0.1, 0.15) is 26.3 Å². The van der Waals surface area contributed by atoms with Crippen LogP contribution >= 0.6 is 0 Å². The molecular formula is C29H22O4. The van der Waals surface area contributed by atoms with Gasteiger partial charge in [0.1, 0.15) is 11.5 Å². The molecule has 0 bridgehead atoms. The van der Waals surface area contributed by atoms with Crippen molar-refractivity contribution in [3.8, 4) is 22.6 Å². The Kier molecular flexibility index (Phi) is 6.76. The van der Waals surface area contributed by atoms with Gasteiger partial charge in [0.25, 0.3) is 0 Å². The Morgan fingerprint density at radius 3 is 1.97 bits per heavy atom. The minimum absolute atomic E-state index is 0.133. The quantitative estimate of drug-likeness (QED) is 0.145. The zero-order valence-electron chi connectivity index (χ0n) is 18.1. The summed E-state index contributed by atoms with van der Waals surface area (Å²) in [5.74, 6) is 0.416. The number of carbonyl (C=O) groups excluding carboxylic acids is 2. The minimum Gasteiger partial charge on any atom is -0.497 e. The van der Waals surface area contributed by atoms with E-state index in [1.807, 2.05) is 60.7 Å². The first-order valence-corrected chi connectivity index (χ1v) is 10.5. The topological polar surface area (TPSA) is 52.6 Å². The number of allylic oxidation sites excluding steroid dienone is 1. The molecule has 0 fully saturated rings. The molecule has 4 aromatic rings. The first-order chi connectivity index (χ1) is 16.1. The number of methoxy groups -OCH3 is 1. The first-order valence-electron chi connectivity index (χ1n) is 10.5. The van der Waals surface area contributed by atoms with Crippen molar-refractivity contribution >= 4 is 17.8 Å². The van der Waals surface area contributed by atoms with Crippen molar-refractivity contribution in [3.05, 3.63) is 126 Å². The van der Waals surface area contributed by atoms with Crippen LogP contribution in [0.25, 0.3) is 17.2 Å². The van der Waals surface area contributed by atoms with Crippen LogP contribution in [0.3, 0.4) is 0 Å². The Bertz CT molecular complexity index is 1270. The molecule has 0 aliphatic rings. The summed E-state index contributed by atoms with van der Waals surface area (Å²) in [7, 11) is 1.56. The number of carbonyl (C=O) groups is 2.